The van der Waals surface area contributed by atoms with E-state index in [9.17, 15) is 14.4 Å². The van der Waals surface area contributed by atoms with Gasteiger partial charge in [0.05, 0.1) is 5.56 Å². The van der Waals surface area contributed by atoms with Gasteiger partial charge in [0.1, 0.15) is 12.2 Å². The van der Waals surface area contributed by atoms with Crippen LogP contribution in [-0.2, 0) is 9.53 Å². The van der Waals surface area contributed by atoms with Crippen molar-refractivity contribution in [2.24, 2.45) is 0 Å². The van der Waals surface area contributed by atoms with E-state index in [-0.39, 0.29) is 29.9 Å². The van der Waals surface area contributed by atoms with Crippen LogP contribution in [0.4, 0.5) is 0 Å². The zero-order valence-corrected chi connectivity index (χ0v) is 13.1. The van der Waals surface area contributed by atoms with Crippen LogP contribution in [0.15, 0.2) is 9.59 Å². The molecule has 2 atom stereocenters. The molecule has 0 bridgehead atoms. The second-order valence-corrected chi connectivity index (χ2v) is 6.15. The molecule has 0 saturated heterocycles. The summed E-state index contributed by atoms with van der Waals surface area (Å²) in [6.07, 6.45) is 4.24. The van der Waals surface area contributed by atoms with Gasteiger partial charge in [0.15, 0.2) is 0 Å². The minimum absolute atomic E-state index is 0.0184. The Labute approximate surface area is 132 Å². The van der Waals surface area contributed by atoms with Gasteiger partial charge in [-0.25, -0.2) is 4.79 Å². The number of fused-ring (bicyclic) bond motifs is 3. The first kappa shape index (κ1) is 15.8. The molecule has 3 rings (SSSR count). The standard InChI is InChI=1S/C15H21N3O5/c1-22-8-10(19)16-7-6-15-5-3-2-4-9(15)11-12(20)17-14(21)18-13(11)23-15/h9H,2-8H2,1H3,(H,16,19)(H2,17,18,20,21)/t9-,15+/m1/s1. The molecule has 0 spiro atoms. The molecule has 126 valence electrons. The molecular formula is C15H21N3O5. The van der Waals surface area contributed by atoms with Crippen molar-refractivity contribution in [3.05, 3.63) is 26.4 Å². The highest BCUT2D eigenvalue weighted by Crippen LogP contribution is 2.51. The van der Waals surface area contributed by atoms with Crippen molar-refractivity contribution in [3.8, 4) is 5.88 Å². The van der Waals surface area contributed by atoms with Crippen LogP contribution in [0.25, 0.3) is 0 Å². The lowest BCUT2D eigenvalue weighted by Gasteiger charge is -2.38. The maximum atomic E-state index is 12.2. The molecule has 0 unspecified atom stereocenters. The van der Waals surface area contributed by atoms with Crippen LogP contribution in [-0.4, -0.2) is 41.7 Å². The number of amides is 1. The van der Waals surface area contributed by atoms with E-state index in [4.69, 9.17) is 9.47 Å². The van der Waals surface area contributed by atoms with E-state index in [2.05, 4.69) is 15.3 Å². The largest absolute Gasteiger partial charge is 0.471 e. The molecule has 2 heterocycles. The highest BCUT2D eigenvalue weighted by atomic mass is 16.5. The third kappa shape index (κ3) is 2.90. The maximum absolute atomic E-state index is 12.2. The number of methoxy groups -OCH3 is 1. The summed E-state index contributed by atoms with van der Waals surface area (Å²) in [5, 5.41) is 2.79. The van der Waals surface area contributed by atoms with Crippen LogP contribution in [0.1, 0.15) is 43.6 Å². The Morgan fingerprint density at radius 3 is 3.00 bits per heavy atom. The zero-order chi connectivity index (χ0) is 16.4. The highest BCUT2D eigenvalue weighted by molar-refractivity contribution is 5.77. The molecule has 0 radical (unpaired) electrons. The summed E-state index contributed by atoms with van der Waals surface area (Å²) in [7, 11) is 1.47. The van der Waals surface area contributed by atoms with Crippen molar-refractivity contribution >= 4 is 5.91 Å². The minimum atomic E-state index is -0.559. The molecule has 1 aliphatic heterocycles. The van der Waals surface area contributed by atoms with Crippen LogP contribution >= 0.6 is 0 Å². The Morgan fingerprint density at radius 2 is 2.22 bits per heavy atom. The lowest BCUT2D eigenvalue weighted by Crippen LogP contribution is -2.44. The molecule has 1 aromatic rings. The van der Waals surface area contributed by atoms with Gasteiger partial charge in [-0.1, -0.05) is 6.42 Å². The molecule has 8 heteroatoms. The van der Waals surface area contributed by atoms with Gasteiger partial charge in [-0.15, -0.1) is 0 Å². The van der Waals surface area contributed by atoms with E-state index in [1.807, 2.05) is 0 Å². The van der Waals surface area contributed by atoms with Crippen molar-refractivity contribution in [1.29, 1.82) is 0 Å². The maximum Gasteiger partial charge on any atom is 0.328 e. The van der Waals surface area contributed by atoms with Crippen molar-refractivity contribution < 1.29 is 14.3 Å². The van der Waals surface area contributed by atoms with E-state index in [0.717, 1.165) is 25.7 Å². The van der Waals surface area contributed by atoms with E-state index in [0.29, 0.717) is 18.5 Å². The van der Waals surface area contributed by atoms with E-state index in [1.165, 1.54) is 7.11 Å². The third-order valence-electron chi connectivity index (χ3n) is 4.72. The Hall–Kier alpha value is -2.09. The van der Waals surface area contributed by atoms with Gasteiger partial charge in [0.25, 0.3) is 5.56 Å². The van der Waals surface area contributed by atoms with Crippen LogP contribution in [0.5, 0.6) is 5.88 Å². The minimum Gasteiger partial charge on any atom is -0.471 e. The molecule has 3 N–H and O–H groups in total. The van der Waals surface area contributed by atoms with Crippen molar-refractivity contribution in [2.45, 2.75) is 43.6 Å². The Morgan fingerprint density at radius 1 is 1.39 bits per heavy atom. The number of carbonyl (C=O) groups is 1. The molecule has 1 fully saturated rings. The second-order valence-electron chi connectivity index (χ2n) is 6.15. The van der Waals surface area contributed by atoms with Gasteiger partial charge in [-0.3, -0.25) is 19.6 Å². The summed E-state index contributed by atoms with van der Waals surface area (Å²) < 4.78 is 10.8. The summed E-state index contributed by atoms with van der Waals surface area (Å²) in [6.45, 7) is 0.458. The molecule has 0 aromatic carbocycles. The number of H-pyrrole nitrogens is 2. The van der Waals surface area contributed by atoms with Gasteiger partial charge >= 0.3 is 5.69 Å². The van der Waals surface area contributed by atoms with Crippen molar-refractivity contribution in [3.63, 3.8) is 0 Å². The SMILES string of the molecule is COCC(=O)NCC[C@@]12CCCC[C@@H]1c1c([nH]c(=O)[nH]c1=O)O2. The smallest absolute Gasteiger partial charge is 0.328 e. The molecule has 1 amide bonds. The number of nitrogens with one attached hydrogen (secondary N) is 3. The first-order valence-electron chi connectivity index (χ1n) is 7.87. The third-order valence-corrected chi connectivity index (χ3v) is 4.72. The molecule has 2 aliphatic rings. The highest BCUT2D eigenvalue weighted by Gasteiger charge is 2.51. The monoisotopic (exact) mass is 323 g/mol. The van der Waals surface area contributed by atoms with Crippen LogP contribution in [0, 0.1) is 0 Å². The number of aromatic nitrogens is 2. The topological polar surface area (TPSA) is 113 Å². The number of hydrogen-bond donors (Lipinski definition) is 3. The first-order valence-corrected chi connectivity index (χ1v) is 7.87. The fourth-order valence-electron chi connectivity index (χ4n) is 3.76. The van der Waals surface area contributed by atoms with E-state index < -0.39 is 11.3 Å². The van der Waals surface area contributed by atoms with Gasteiger partial charge in [0.2, 0.25) is 11.8 Å². The van der Waals surface area contributed by atoms with Crippen LogP contribution in [0.2, 0.25) is 0 Å². The lowest BCUT2D eigenvalue weighted by atomic mass is 9.72. The summed E-state index contributed by atoms with van der Waals surface area (Å²) in [4.78, 5) is 40.0. The summed E-state index contributed by atoms with van der Waals surface area (Å²) in [5.41, 5.74) is -0.928. The van der Waals surface area contributed by atoms with Gasteiger partial charge in [-0.05, 0) is 19.3 Å². The molecule has 1 aromatic heterocycles. The van der Waals surface area contributed by atoms with Crippen LogP contribution in [0.3, 0.4) is 0 Å². The number of rotatable bonds is 5. The summed E-state index contributed by atoms with van der Waals surface area (Å²) in [5.74, 6) is 0.0538. The quantitative estimate of drug-likeness (QED) is 0.706. The zero-order valence-electron chi connectivity index (χ0n) is 13.1. The average molecular weight is 323 g/mol. The molecule has 1 aliphatic carbocycles. The van der Waals surface area contributed by atoms with Crippen LogP contribution < -0.4 is 21.3 Å². The number of ether oxygens (including phenoxy) is 2. The Kier molecular flexibility index (Phi) is 4.25. The van der Waals surface area contributed by atoms with Crippen molar-refractivity contribution in [2.75, 3.05) is 20.3 Å². The summed E-state index contributed by atoms with van der Waals surface area (Å²) in [6, 6.07) is 0. The second kappa shape index (κ2) is 6.19. The Balaban J connectivity index is 1.80. The summed E-state index contributed by atoms with van der Waals surface area (Å²) >= 11 is 0. The molecule has 8 nitrogen and oxygen atoms in total. The number of aromatic amines is 2. The molecule has 1 saturated carbocycles. The Bertz CT molecular complexity index is 710. The lowest BCUT2D eigenvalue weighted by molar-refractivity contribution is -0.124. The molecular weight excluding hydrogens is 302 g/mol. The van der Waals surface area contributed by atoms with Gasteiger partial charge < -0.3 is 14.8 Å². The fraction of sp³-hybridized carbons (Fsp3) is 0.667. The number of carbonyl (C=O) groups excluding carboxylic acids is 1. The van der Waals surface area contributed by atoms with E-state index >= 15 is 0 Å². The average Bonchev–Trinajstić information content (AvgIpc) is 2.81. The van der Waals surface area contributed by atoms with Crippen molar-refractivity contribution in [1.82, 2.24) is 15.3 Å². The molecule has 23 heavy (non-hydrogen) atoms. The van der Waals surface area contributed by atoms with Gasteiger partial charge in [-0.2, -0.15) is 0 Å². The van der Waals surface area contributed by atoms with Gasteiger partial charge in [0, 0.05) is 26.0 Å². The van der Waals surface area contributed by atoms with E-state index in [1.54, 1.807) is 0 Å². The number of hydrogen-bond acceptors (Lipinski definition) is 5. The predicted octanol–water partition coefficient (Wildman–Crippen LogP) is 0.00470. The predicted molar refractivity (Wildman–Crippen MR) is 81.8 cm³/mol. The fourth-order valence-corrected chi connectivity index (χ4v) is 3.76. The normalized spacial score (nSPS) is 25.3. The first-order chi connectivity index (χ1) is 11.1.